The van der Waals surface area contributed by atoms with E-state index in [9.17, 15) is 4.39 Å². The fourth-order valence-electron chi connectivity index (χ4n) is 4.05. The van der Waals surface area contributed by atoms with Crippen molar-refractivity contribution in [1.82, 2.24) is 15.0 Å². The zero-order valence-electron chi connectivity index (χ0n) is 20.8. The molecular formula is C28H26FN5O4. The second kappa shape index (κ2) is 10.7. The van der Waals surface area contributed by atoms with Gasteiger partial charge in [-0.3, -0.25) is 9.97 Å². The Hall–Kier alpha value is -4.70. The maximum atomic E-state index is 13.7. The molecule has 0 bridgehead atoms. The number of anilines is 1. The van der Waals surface area contributed by atoms with Gasteiger partial charge in [-0.2, -0.15) is 0 Å². The van der Waals surface area contributed by atoms with Crippen LogP contribution in [0.15, 0.2) is 67.1 Å². The number of nitrogens with two attached hydrogens (primary N) is 2. The number of para-hydroxylation sites is 1. The SMILES string of the molecule is COc1cc2ncc3c(N)nc(-c4cncc(OC[C@@H](N)COc5ccccc5F)c4)cc3c2cc1OC. The predicted molar refractivity (Wildman–Crippen MR) is 143 cm³/mol. The van der Waals surface area contributed by atoms with Crippen LogP contribution in [-0.2, 0) is 0 Å². The molecule has 0 spiro atoms. The fraction of sp³-hybridized carbons (Fsp3) is 0.179. The highest BCUT2D eigenvalue weighted by molar-refractivity contribution is 6.10. The van der Waals surface area contributed by atoms with Crippen LogP contribution in [-0.4, -0.2) is 48.4 Å². The smallest absolute Gasteiger partial charge is 0.165 e. The number of hydrogen-bond acceptors (Lipinski definition) is 9. The molecule has 4 N–H and O–H groups in total. The van der Waals surface area contributed by atoms with Gasteiger partial charge in [0.1, 0.15) is 24.8 Å². The highest BCUT2D eigenvalue weighted by atomic mass is 19.1. The number of rotatable bonds is 9. The molecule has 10 heteroatoms. The Kier molecular flexibility index (Phi) is 7.05. The van der Waals surface area contributed by atoms with E-state index in [4.69, 9.17) is 30.4 Å². The molecule has 0 aliphatic rings. The van der Waals surface area contributed by atoms with Gasteiger partial charge in [-0.1, -0.05) is 12.1 Å². The van der Waals surface area contributed by atoms with Crippen molar-refractivity contribution in [2.45, 2.75) is 6.04 Å². The zero-order valence-corrected chi connectivity index (χ0v) is 20.8. The molecule has 5 rings (SSSR count). The van der Waals surface area contributed by atoms with Crippen LogP contribution in [0.25, 0.3) is 32.9 Å². The van der Waals surface area contributed by atoms with Crippen molar-refractivity contribution in [3.8, 4) is 34.3 Å². The third-order valence-electron chi connectivity index (χ3n) is 5.98. The maximum Gasteiger partial charge on any atom is 0.165 e. The molecule has 2 aromatic carbocycles. The van der Waals surface area contributed by atoms with Gasteiger partial charge in [0.05, 0.1) is 37.7 Å². The van der Waals surface area contributed by atoms with E-state index in [1.807, 2.05) is 18.2 Å². The third-order valence-corrected chi connectivity index (χ3v) is 5.98. The zero-order chi connectivity index (χ0) is 26.6. The standard InChI is InChI=1S/C28H26FN5O4/c1-35-26-9-20-19-8-23(34-28(31)21(19)13-33-24(20)10-27(26)36-2)16-7-18(12-32-11-16)37-14-17(30)15-38-25-6-4-3-5-22(25)29/h3-13,17H,14-15,30H2,1-2H3,(H2,31,34)/t17-/m1/s1. The molecule has 0 radical (unpaired) electrons. The molecule has 38 heavy (non-hydrogen) atoms. The number of ether oxygens (including phenoxy) is 4. The average Bonchev–Trinajstić information content (AvgIpc) is 2.94. The van der Waals surface area contributed by atoms with Gasteiger partial charge in [-0.25, -0.2) is 9.37 Å². The topological polar surface area (TPSA) is 128 Å². The number of pyridine rings is 3. The maximum absolute atomic E-state index is 13.7. The Balaban J connectivity index is 1.39. The molecule has 0 aliphatic carbocycles. The number of nitrogens with zero attached hydrogens (tertiary/aromatic N) is 3. The quantitative estimate of drug-likeness (QED) is 0.275. The third kappa shape index (κ3) is 5.07. The van der Waals surface area contributed by atoms with Crippen molar-refractivity contribution in [1.29, 1.82) is 0 Å². The largest absolute Gasteiger partial charge is 0.493 e. The monoisotopic (exact) mass is 515 g/mol. The lowest BCUT2D eigenvalue weighted by atomic mass is 10.0. The second-order valence-corrected chi connectivity index (χ2v) is 8.56. The van der Waals surface area contributed by atoms with Gasteiger partial charge in [-0.15, -0.1) is 0 Å². The van der Waals surface area contributed by atoms with Crippen molar-refractivity contribution >= 4 is 27.5 Å². The lowest BCUT2D eigenvalue weighted by Crippen LogP contribution is -2.34. The number of hydrogen-bond donors (Lipinski definition) is 2. The van der Waals surface area contributed by atoms with E-state index in [1.165, 1.54) is 6.07 Å². The van der Waals surface area contributed by atoms with Crippen LogP contribution in [0.3, 0.4) is 0 Å². The molecule has 9 nitrogen and oxygen atoms in total. The molecule has 0 aliphatic heterocycles. The highest BCUT2D eigenvalue weighted by Crippen LogP contribution is 2.37. The van der Waals surface area contributed by atoms with Crippen LogP contribution in [0.2, 0.25) is 0 Å². The molecular weight excluding hydrogens is 489 g/mol. The molecule has 3 heterocycles. The number of nitrogen functional groups attached to an aromatic ring is 1. The molecule has 0 amide bonds. The van der Waals surface area contributed by atoms with E-state index in [-0.39, 0.29) is 19.0 Å². The van der Waals surface area contributed by atoms with E-state index in [2.05, 4.69) is 15.0 Å². The van der Waals surface area contributed by atoms with Gasteiger partial charge in [0.2, 0.25) is 0 Å². The number of halogens is 1. The van der Waals surface area contributed by atoms with Gasteiger partial charge in [0.15, 0.2) is 23.1 Å². The van der Waals surface area contributed by atoms with Crippen LogP contribution >= 0.6 is 0 Å². The average molecular weight is 516 g/mol. The van der Waals surface area contributed by atoms with E-state index in [0.717, 1.165) is 21.7 Å². The first-order chi connectivity index (χ1) is 18.5. The first-order valence-electron chi connectivity index (χ1n) is 11.8. The van der Waals surface area contributed by atoms with Gasteiger partial charge in [-0.05, 0) is 35.7 Å². The molecule has 0 unspecified atom stereocenters. The van der Waals surface area contributed by atoms with Crippen LogP contribution < -0.4 is 30.4 Å². The van der Waals surface area contributed by atoms with Gasteiger partial charge < -0.3 is 30.4 Å². The van der Waals surface area contributed by atoms with Crippen LogP contribution in [0.5, 0.6) is 23.0 Å². The number of benzene rings is 2. The first kappa shape index (κ1) is 25.0. The van der Waals surface area contributed by atoms with Gasteiger partial charge in [0, 0.05) is 34.8 Å². The van der Waals surface area contributed by atoms with Crippen LogP contribution in [0.1, 0.15) is 0 Å². The van der Waals surface area contributed by atoms with Crippen LogP contribution in [0.4, 0.5) is 10.2 Å². The highest BCUT2D eigenvalue weighted by Gasteiger charge is 2.14. The van der Waals surface area contributed by atoms with E-state index in [1.54, 1.807) is 57.1 Å². The summed E-state index contributed by atoms with van der Waals surface area (Å²) in [5.74, 6) is 1.70. The Labute approximate surface area is 218 Å². The summed E-state index contributed by atoms with van der Waals surface area (Å²) in [5.41, 5.74) is 14.5. The summed E-state index contributed by atoms with van der Waals surface area (Å²) in [6.45, 7) is 0.233. The fourth-order valence-corrected chi connectivity index (χ4v) is 4.05. The molecule has 0 fully saturated rings. The van der Waals surface area contributed by atoms with Crippen molar-refractivity contribution in [3.05, 3.63) is 72.9 Å². The van der Waals surface area contributed by atoms with Crippen molar-refractivity contribution < 1.29 is 23.3 Å². The number of aromatic nitrogens is 3. The summed E-state index contributed by atoms with van der Waals surface area (Å²) in [6, 6.07) is 13.1. The molecule has 1 atom stereocenters. The Morgan fingerprint density at radius 1 is 0.842 bits per heavy atom. The molecule has 3 aromatic heterocycles. The number of fused-ring (bicyclic) bond motifs is 3. The van der Waals surface area contributed by atoms with Crippen LogP contribution in [0, 0.1) is 5.82 Å². The van der Waals surface area contributed by atoms with E-state index < -0.39 is 11.9 Å². The lowest BCUT2D eigenvalue weighted by Gasteiger charge is -2.15. The summed E-state index contributed by atoms with van der Waals surface area (Å²) in [4.78, 5) is 13.4. The molecule has 5 aromatic rings. The minimum atomic E-state index is -0.487. The summed E-state index contributed by atoms with van der Waals surface area (Å²) in [7, 11) is 3.16. The summed E-state index contributed by atoms with van der Waals surface area (Å²) >= 11 is 0. The van der Waals surface area contributed by atoms with Crippen molar-refractivity contribution in [2.75, 3.05) is 33.2 Å². The van der Waals surface area contributed by atoms with Crippen molar-refractivity contribution in [3.63, 3.8) is 0 Å². The lowest BCUT2D eigenvalue weighted by molar-refractivity contribution is 0.215. The normalized spacial score (nSPS) is 11.9. The van der Waals surface area contributed by atoms with Crippen molar-refractivity contribution in [2.24, 2.45) is 5.73 Å². The summed E-state index contributed by atoms with van der Waals surface area (Å²) in [5, 5.41) is 2.42. The minimum Gasteiger partial charge on any atom is -0.493 e. The Morgan fingerprint density at radius 2 is 1.61 bits per heavy atom. The number of methoxy groups -OCH3 is 2. The summed E-state index contributed by atoms with van der Waals surface area (Å²) < 4.78 is 35.9. The Bertz CT molecular complexity index is 1610. The second-order valence-electron chi connectivity index (χ2n) is 8.56. The summed E-state index contributed by atoms with van der Waals surface area (Å²) in [6.07, 6.45) is 4.95. The van der Waals surface area contributed by atoms with E-state index in [0.29, 0.717) is 34.3 Å². The van der Waals surface area contributed by atoms with Gasteiger partial charge >= 0.3 is 0 Å². The predicted octanol–water partition coefficient (Wildman–Crippen LogP) is 4.37. The molecule has 194 valence electrons. The first-order valence-corrected chi connectivity index (χ1v) is 11.8. The Morgan fingerprint density at radius 3 is 2.39 bits per heavy atom. The molecule has 0 saturated heterocycles. The van der Waals surface area contributed by atoms with E-state index >= 15 is 0 Å². The molecule has 0 saturated carbocycles. The van der Waals surface area contributed by atoms with Gasteiger partial charge in [0.25, 0.3) is 0 Å². The minimum absolute atomic E-state index is 0.0895.